The van der Waals surface area contributed by atoms with Gasteiger partial charge in [-0.25, -0.2) is 4.79 Å². The summed E-state index contributed by atoms with van der Waals surface area (Å²) in [7, 11) is 0. The number of hydrogen-bond acceptors (Lipinski definition) is 3. The number of benzene rings is 2. The smallest absolute Gasteiger partial charge is 0.339 e. The Morgan fingerprint density at radius 3 is 2.74 bits per heavy atom. The summed E-state index contributed by atoms with van der Waals surface area (Å²) in [5.74, 6) is -1.03. The van der Waals surface area contributed by atoms with Crippen LogP contribution in [0, 0.1) is 13.8 Å². The first kappa shape index (κ1) is 15.3. The highest BCUT2D eigenvalue weighted by Gasteiger charge is 2.16. The average molecular weight is 327 g/mol. The molecule has 0 saturated carbocycles. The van der Waals surface area contributed by atoms with Crippen LogP contribution in [0.2, 0.25) is 5.02 Å². The summed E-state index contributed by atoms with van der Waals surface area (Å²) < 4.78 is 0. The number of carboxylic acids is 1. The number of nitrogens with zero attached hydrogens (tertiary/aromatic N) is 1. The van der Waals surface area contributed by atoms with Gasteiger partial charge < -0.3 is 10.4 Å². The molecule has 1 aromatic heterocycles. The van der Waals surface area contributed by atoms with E-state index < -0.39 is 5.97 Å². The molecule has 0 saturated heterocycles. The van der Waals surface area contributed by atoms with Crippen LogP contribution < -0.4 is 5.32 Å². The van der Waals surface area contributed by atoms with Crippen molar-refractivity contribution < 1.29 is 9.90 Å². The lowest BCUT2D eigenvalue weighted by molar-refractivity contribution is 0.0697. The molecule has 0 spiro atoms. The highest BCUT2D eigenvalue weighted by Crippen LogP contribution is 2.32. The molecule has 0 atom stereocenters. The van der Waals surface area contributed by atoms with Gasteiger partial charge in [0.25, 0.3) is 0 Å². The number of nitrogens with one attached hydrogen (secondary N) is 1. The van der Waals surface area contributed by atoms with Gasteiger partial charge in [0.15, 0.2) is 0 Å². The standard InChI is InChI=1S/C18H15ClN2O2/c1-10-4-3-5-15(11(10)2)21-17-13-7-6-12(19)8-16(13)20-9-14(17)18(22)23/h3-9H,1-2H3,(H,20,21)(H,22,23). The van der Waals surface area contributed by atoms with Crippen molar-refractivity contribution in [1.82, 2.24) is 4.98 Å². The molecule has 1 heterocycles. The second kappa shape index (κ2) is 5.89. The van der Waals surface area contributed by atoms with E-state index in [0.717, 1.165) is 22.2 Å². The normalized spacial score (nSPS) is 10.7. The molecule has 0 radical (unpaired) electrons. The fourth-order valence-electron chi connectivity index (χ4n) is 2.48. The molecule has 0 bridgehead atoms. The quantitative estimate of drug-likeness (QED) is 0.715. The number of fused-ring (bicyclic) bond motifs is 1. The molecule has 2 aromatic carbocycles. The molecule has 3 rings (SSSR count). The van der Waals surface area contributed by atoms with Crippen molar-refractivity contribution in [2.45, 2.75) is 13.8 Å². The predicted molar refractivity (Wildman–Crippen MR) is 92.9 cm³/mol. The Hall–Kier alpha value is -2.59. The van der Waals surface area contributed by atoms with Crippen LogP contribution in [0.5, 0.6) is 0 Å². The molecule has 0 amide bonds. The minimum absolute atomic E-state index is 0.126. The van der Waals surface area contributed by atoms with E-state index in [0.29, 0.717) is 16.2 Å². The Bertz CT molecular complexity index is 922. The lowest BCUT2D eigenvalue weighted by atomic mass is 10.1. The third-order valence-corrected chi connectivity index (χ3v) is 4.16. The summed E-state index contributed by atoms with van der Waals surface area (Å²) in [5, 5.41) is 14.0. The highest BCUT2D eigenvalue weighted by atomic mass is 35.5. The van der Waals surface area contributed by atoms with Gasteiger partial charge in [-0.2, -0.15) is 0 Å². The molecule has 0 aliphatic rings. The Morgan fingerprint density at radius 2 is 2.00 bits per heavy atom. The van der Waals surface area contributed by atoms with Crippen molar-refractivity contribution in [2.75, 3.05) is 5.32 Å². The molecule has 0 aliphatic carbocycles. The number of aromatic nitrogens is 1. The number of carboxylic acid groups (broad SMARTS) is 1. The number of rotatable bonds is 3. The van der Waals surface area contributed by atoms with Gasteiger partial charge in [0, 0.05) is 22.3 Å². The van der Waals surface area contributed by atoms with E-state index in [1.54, 1.807) is 18.2 Å². The third kappa shape index (κ3) is 2.85. The second-order valence-electron chi connectivity index (χ2n) is 5.39. The molecule has 23 heavy (non-hydrogen) atoms. The Balaban J connectivity index is 2.23. The molecule has 0 unspecified atom stereocenters. The van der Waals surface area contributed by atoms with Crippen molar-refractivity contribution in [3.8, 4) is 0 Å². The summed E-state index contributed by atoms with van der Waals surface area (Å²) in [6.07, 6.45) is 1.36. The summed E-state index contributed by atoms with van der Waals surface area (Å²) in [6, 6.07) is 11.1. The number of aryl methyl sites for hydroxylation is 1. The van der Waals surface area contributed by atoms with E-state index in [2.05, 4.69) is 10.3 Å². The summed E-state index contributed by atoms with van der Waals surface area (Å²) in [4.78, 5) is 15.8. The van der Waals surface area contributed by atoms with E-state index in [1.807, 2.05) is 32.0 Å². The maximum Gasteiger partial charge on any atom is 0.339 e. The van der Waals surface area contributed by atoms with Gasteiger partial charge in [0.05, 0.1) is 11.2 Å². The summed E-state index contributed by atoms with van der Waals surface area (Å²) in [6.45, 7) is 4.02. The van der Waals surface area contributed by atoms with Crippen LogP contribution in [-0.2, 0) is 0 Å². The van der Waals surface area contributed by atoms with Crippen LogP contribution in [-0.4, -0.2) is 16.1 Å². The van der Waals surface area contributed by atoms with E-state index in [-0.39, 0.29) is 5.56 Å². The SMILES string of the molecule is Cc1cccc(Nc2c(C(=O)O)cnc3cc(Cl)ccc23)c1C. The van der Waals surface area contributed by atoms with E-state index >= 15 is 0 Å². The van der Waals surface area contributed by atoms with Crippen molar-refractivity contribution in [3.05, 3.63) is 64.3 Å². The van der Waals surface area contributed by atoms with Gasteiger partial charge in [0.1, 0.15) is 5.56 Å². The number of aromatic carboxylic acids is 1. The molecular weight excluding hydrogens is 312 g/mol. The highest BCUT2D eigenvalue weighted by molar-refractivity contribution is 6.31. The molecule has 0 aliphatic heterocycles. The van der Waals surface area contributed by atoms with Crippen LogP contribution in [0.3, 0.4) is 0 Å². The molecule has 116 valence electrons. The fraction of sp³-hybridized carbons (Fsp3) is 0.111. The van der Waals surface area contributed by atoms with Crippen LogP contribution >= 0.6 is 11.6 Å². The molecule has 0 fully saturated rings. The minimum Gasteiger partial charge on any atom is -0.478 e. The maximum absolute atomic E-state index is 11.6. The molecular formula is C18H15ClN2O2. The lowest BCUT2D eigenvalue weighted by Crippen LogP contribution is -2.05. The second-order valence-corrected chi connectivity index (χ2v) is 5.82. The van der Waals surface area contributed by atoms with E-state index in [4.69, 9.17) is 11.6 Å². The van der Waals surface area contributed by atoms with Crippen molar-refractivity contribution in [2.24, 2.45) is 0 Å². The van der Waals surface area contributed by atoms with Crippen molar-refractivity contribution in [3.63, 3.8) is 0 Å². The monoisotopic (exact) mass is 326 g/mol. The Labute approximate surface area is 138 Å². The largest absolute Gasteiger partial charge is 0.478 e. The van der Waals surface area contributed by atoms with Gasteiger partial charge in [-0.1, -0.05) is 23.7 Å². The molecule has 4 nitrogen and oxygen atoms in total. The molecule has 5 heteroatoms. The zero-order valence-electron chi connectivity index (χ0n) is 12.7. The first-order valence-corrected chi connectivity index (χ1v) is 7.50. The average Bonchev–Trinajstić information content (AvgIpc) is 2.51. The first-order valence-electron chi connectivity index (χ1n) is 7.12. The Morgan fingerprint density at radius 1 is 1.22 bits per heavy atom. The van der Waals surface area contributed by atoms with Crippen LogP contribution in [0.4, 0.5) is 11.4 Å². The zero-order valence-corrected chi connectivity index (χ0v) is 13.5. The lowest BCUT2D eigenvalue weighted by Gasteiger charge is -2.15. The van der Waals surface area contributed by atoms with Crippen LogP contribution in [0.15, 0.2) is 42.6 Å². The van der Waals surface area contributed by atoms with Crippen LogP contribution in [0.1, 0.15) is 21.5 Å². The molecule has 2 N–H and O–H groups in total. The number of carbonyl (C=O) groups is 1. The Kier molecular flexibility index (Phi) is 3.92. The number of pyridine rings is 1. The topological polar surface area (TPSA) is 62.2 Å². The first-order chi connectivity index (χ1) is 11.0. The van der Waals surface area contributed by atoms with Crippen molar-refractivity contribution >= 4 is 39.8 Å². The zero-order chi connectivity index (χ0) is 16.6. The van der Waals surface area contributed by atoms with Gasteiger partial charge in [-0.15, -0.1) is 0 Å². The van der Waals surface area contributed by atoms with E-state index in [9.17, 15) is 9.90 Å². The summed E-state index contributed by atoms with van der Waals surface area (Å²) in [5.41, 5.74) is 4.37. The minimum atomic E-state index is -1.03. The van der Waals surface area contributed by atoms with E-state index in [1.165, 1.54) is 6.20 Å². The summed E-state index contributed by atoms with van der Waals surface area (Å²) >= 11 is 6.00. The fourth-order valence-corrected chi connectivity index (χ4v) is 2.65. The number of anilines is 2. The number of halogens is 1. The van der Waals surface area contributed by atoms with Gasteiger partial charge in [-0.05, 0) is 49.2 Å². The third-order valence-electron chi connectivity index (χ3n) is 3.93. The molecule has 3 aromatic rings. The van der Waals surface area contributed by atoms with Gasteiger partial charge >= 0.3 is 5.97 Å². The van der Waals surface area contributed by atoms with Gasteiger partial charge in [-0.3, -0.25) is 4.98 Å². The predicted octanol–water partition coefficient (Wildman–Crippen LogP) is 4.95. The maximum atomic E-state index is 11.6. The number of hydrogen-bond donors (Lipinski definition) is 2. The van der Waals surface area contributed by atoms with Crippen molar-refractivity contribution in [1.29, 1.82) is 0 Å². The van der Waals surface area contributed by atoms with Gasteiger partial charge in [0.2, 0.25) is 0 Å². The van der Waals surface area contributed by atoms with Crippen LogP contribution in [0.25, 0.3) is 10.9 Å².